The van der Waals surface area contributed by atoms with Crippen molar-refractivity contribution in [3.05, 3.63) is 102 Å². The predicted molar refractivity (Wildman–Crippen MR) is 104 cm³/mol. The van der Waals surface area contributed by atoms with Crippen molar-refractivity contribution in [2.75, 3.05) is 0 Å². The highest BCUT2D eigenvalue weighted by molar-refractivity contribution is 5.85. The monoisotopic (exact) mass is 360 g/mol. The second-order valence-corrected chi connectivity index (χ2v) is 5.89. The molecule has 1 amide bonds. The number of aliphatic hydroxyl groups excluding tert-OH is 1. The van der Waals surface area contributed by atoms with Crippen molar-refractivity contribution < 1.29 is 14.6 Å². The Morgan fingerprint density at radius 3 is 2.26 bits per heavy atom. The zero-order valence-electron chi connectivity index (χ0n) is 14.7. The van der Waals surface area contributed by atoms with Gasteiger partial charge < -0.3 is 9.84 Å². The van der Waals surface area contributed by atoms with Gasteiger partial charge in [0.25, 0.3) is 5.91 Å². The van der Waals surface area contributed by atoms with Crippen molar-refractivity contribution in [1.29, 1.82) is 0 Å². The van der Waals surface area contributed by atoms with E-state index in [-0.39, 0.29) is 0 Å². The number of nitrogens with zero attached hydrogens (tertiary/aromatic N) is 1. The molecule has 3 rings (SSSR count). The lowest BCUT2D eigenvalue weighted by Gasteiger charge is -2.08. The Morgan fingerprint density at radius 1 is 0.963 bits per heavy atom. The Bertz CT molecular complexity index is 878. The summed E-state index contributed by atoms with van der Waals surface area (Å²) in [5.41, 5.74) is 4.76. The van der Waals surface area contributed by atoms with Crippen molar-refractivity contribution in [2.24, 2.45) is 5.10 Å². The van der Waals surface area contributed by atoms with Crippen LogP contribution in [-0.4, -0.2) is 17.2 Å². The molecule has 2 N–H and O–H groups in total. The van der Waals surface area contributed by atoms with Crippen LogP contribution >= 0.6 is 0 Å². The third-order valence-electron chi connectivity index (χ3n) is 3.88. The van der Waals surface area contributed by atoms with E-state index in [1.807, 2.05) is 60.7 Å². The fraction of sp³-hybridized carbons (Fsp3) is 0.0909. The number of hydrazone groups is 1. The quantitative estimate of drug-likeness (QED) is 0.501. The minimum absolute atomic E-state index is 0.502. The van der Waals surface area contributed by atoms with Gasteiger partial charge in [-0.15, -0.1) is 0 Å². The normalized spacial score (nSPS) is 11.9. The zero-order chi connectivity index (χ0) is 18.9. The van der Waals surface area contributed by atoms with Gasteiger partial charge >= 0.3 is 0 Å². The minimum Gasteiger partial charge on any atom is -0.489 e. The van der Waals surface area contributed by atoms with Gasteiger partial charge in [-0.3, -0.25) is 4.79 Å². The van der Waals surface area contributed by atoms with Crippen molar-refractivity contribution in [3.8, 4) is 5.75 Å². The molecule has 0 aliphatic heterocycles. The molecule has 0 fully saturated rings. The highest BCUT2D eigenvalue weighted by Crippen LogP contribution is 2.14. The first-order chi connectivity index (χ1) is 13.2. The number of rotatable bonds is 7. The summed E-state index contributed by atoms with van der Waals surface area (Å²) in [6.45, 7) is 0.502. The van der Waals surface area contributed by atoms with E-state index in [4.69, 9.17) is 4.74 Å². The maximum Gasteiger partial charge on any atom is 0.273 e. The van der Waals surface area contributed by atoms with Gasteiger partial charge in [-0.25, -0.2) is 5.43 Å². The molecule has 0 aliphatic carbocycles. The first-order valence-electron chi connectivity index (χ1n) is 8.55. The summed E-state index contributed by atoms with van der Waals surface area (Å²) in [7, 11) is 0. The number of aliphatic hydroxyl groups is 1. The van der Waals surface area contributed by atoms with E-state index in [2.05, 4.69) is 10.5 Å². The first kappa shape index (κ1) is 18.4. The summed E-state index contributed by atoms with van der Waals surface area (Å²) >= 11 is 0. The van der Waals surface area contributed by atoms with Gasteiger partial charge in [0, 0.05) is 0 Å². The lowest BCUT2D eigenvalue weighted by atomic mass is 10.1. The Kier molecular flexibility index (Phi) is 6.33. The van der Waals surface area contributed by atoms with Gasteiger partial charge in [0.2, 0.25) is 0 Å². The lowest BCUT2D eigenvalue weighted by Crippen LogP contribution is -2.25. The first-order valence-corrected chi connectivity index (χ1v) is 8.55. The van der Waals surface area contributed by atoms with Crippen LogP contribution in [0.25, 0.3) is 0 Å². The topological polar surface area (TPSA) is 70.9 Å². The molecule has 0 spiro atoms. The van der Waals surface area contributed by atoms with Crippen LogP contribution in [0.15, 0.2) is 90.0 Å². The van der Waals surface area contributed by atoms with E-state index < -0.39 is 12.0 Å². The number of benzene rings is 3. The average Bonchev–Trinajstić information content (AvgIpc) is 2.74. The average molecular weight is 360 g/mol. The number of hydrogen-bond donors (Lipinski definition) is 2. The van der Waals surface area contributed by atoms with E-state index >= 15 is 0 Å². The molecule has 3 aromatic carbocycles. The van der Waals surface area contributed by atoms with Crippen LogP contribution in [-0.2, 0) is 11.4 Å². The zero-order valence-corrected chi connectivity index (χ0v) is 14.7. The van der Waals surface area contributed by atoms with E-state index in [1.165, 1.54) is 6.21 Å². The van der Waals surface area contributed by atoms with E-state index in [9.17, 15) is 9.90 Å². The van der Waals surface area contributed by atoms with Crippen molar-refractivity contribution in [3.63, 3.8) is 0 Å². The van der Waals surface area contributed by atoms with Crippen LogP contribution in [0.5, 0.6) is 5.75 Å². The second-order valence-electron chi connectivity index (χ2n) is 5.89. The maximum absolute atomic E-state index is 11.9. The molecule has 5 heteroatoms. The summed E-state index contributed by atoms with van der Waals surface area (Å²) < 4.78 is 5.72. The third kappa shape index (κ3) is 5.52. The molecule has 3 aromatic rings. The summed E-state index contributed by atoms with van der Waals surface area (Å²) in [6, 6.07) is 26.0. The molecule has 136 valence electrons. The Morgan fingerprint density at radius 2 is 1.59 bits per heavy atom. The molecule has 0 bridgehead atoms. The number of carbonyl (C=O) groups is 1. The van der Waals surface area contributed by atoms with Crippen molar-refractivity contribution in [2.45, 2.75) is 12.7 Å². The molecule has 5 nitrogen and oxygen atoms in total. The van der Waals surface area contributed by atoms with Crippen LogP contribution in [0.1, 0.15) is 22.8 Å². The number of carbonyl (C=O) groups excluding carboxylic acids is 1. The predicted octanol–water partition coefficient (Wildman–Crippen LogP) is 3.45. The number of nitrogens with one attached hydrogen (secondary N) is 1. The Hall–Kier alpha value is -3.44. The van der Waals surface area contributed by atoms with Gasteiger partial charge in [-0.05, 0) is 41.0 Å². The van der Waals surface area contributed by atoms with Gasteiger partial charge in [0.05, 0.1) is 6.21 Å². The van der Waals surface area contributed by atoms with Gasteiger partial charge in [0.15, 0.2) is 6.10 Å². The van der Waals surface area contributed by atoms with Crippen LogP contribution in [0.4, 0.5) is 0 Å². The number of amides is 1. The third-order valence-corrected chi connectivity index (χ3v) is 3.88. The largest absolute Gasteiger partial charge is 0.489 e. The molecule has 0 aromatic heterocycles. The second kappa shape index (κ2) is 9.31. The molecule has 0 radical (unpaired) electrons. The standard InChI is InChI=1S/C22H20N2O3/c25-21(19-9-5-2-6-10-19)22(26)24-23-15-17-11-13-20(14-12-17)27-16-18-7-3-1-4-8-18/h1-15,21,25H,16H2,(H,24,26)/b23-15+. The minimum atomic E-state index is -1.25. The number of ether oxygens (including phenoxy) is 1. The van der Waals surface area contributed by atoms with Crippen LogP contribution in [0.3, 0.4) is 0 Å². The van der Waals surface area contributed by atoms with Crippen LogP contribution < -0.4 is 10.2 Å². The summed E-state index contributed by atoms with van der Waals surface area (Å²) in [6.07, 6.45) is 0.258. The molecule has 27 heavy (non-hydrogen) atoms. The Balaban J connectivity index is 1.49. The SMILES string of the molecule is O=C(N/N=C/c1ccc(OCc2ccccc2)cc1)C(O)c1ccccc1. The molecule has 0 aliphatic rings. The molecular weight excluding hydrogens is 340 g/mol. The van der Waals surface area contributed by atoms with Crippen LogP contribution in [0, 0.1) is 0 Å². The van der Waals surface area contributed by atoms with Gasteiger partial charge in [-0.2, -0.15) is 5.10 Å². The molecular formula is C22H20N2O3. The van der Waals surface area contributed by atoms with Crippen molar-refractivity contribution >= 4 is 12.1 Å². The van der Waals surface area contributed by atoms with Gasteiger partial charge in [0.1, 0.15) is 12.4 Å². The van der Waals surface area contributed by atoms with E-state index in [0.29, 0.717) is 12.2 Å². The molecule has 0 heterocycles. The van der Waals surface area contributed by atoms with Crippen LogP contribution in [0.2, 0.25) is 0 Å². The molecule has 1 unspecified atom stereocenters. The maximum atomic E-state index is 11.9. The molecule has 0 saturated carbocycles. The molecule has 0 saturated heterocycles. The smallest absolute Gasteiger partial charge is 0.273 e. The van der Waals surface area contributed by atoms with Gasteiger partial charge in [-0.1, -0.05) is 60.7 Å². The fourth-order valence-electron chi connectivity index (χ4n) is 2.41. The highest BCUT2D eigenvalue weighted by Gasteiger charge is 2.15. The lowest BCUT2D eigenvalue weighted by molar-refractivity contribution is -0.129. The molecule has 1 atom stereocenters. The van der Waals surface area contributed by atoms with E-state index in [0.717, 1.165) is 16.9 Å². The Labute approximate surface area is 157 Å². The van der Waals surface area contributed by atoms with E-state index in [1.54, 1.807) is 24.3 Å². The summed E-state index contributed by atoms with van der Waals surface area (Å²) in [5.74, 6) is 0.166. The summed E-state index contributed by atoms with van der Waals surface area (Å²) in [4.78, 5) is 11.9. The summed E-state index contributed by atoms with van der Waals surface area (Å²) in [5, 5.41) is 13.9. The number of hydrogen-bond acceptors (Lipinski definition) is 4. The highest BCUT2D eigenvalue weighted by atomic mass is 16.5. The van der Waals surface area contributed by atoms with Crippen molar-refractivity contribution in [1.82, 2.24) is 5.43 Å². The fourth-order valence-corrected chi connectivity index (χ4v) is 2.41.